The fourth-order valence-corrected chi connectivity index (χ4v) is 2.74. The van der Waals surface area contributed by atoms with Gasteiger partial charge >= 0.3 is 0 Å². The van der Waals surface area contributed by atoms with Crippen LogP contribution in [0.5, 0.6) is 0 Å². The molecule has 2 unspecified atom stereocenters. The standard InChI is InChI=1S/C15H20N4/c1-11(13-7-4-5-9-16-13)19-15-12-6-2-3-8-14(12)17-10-18-15/h2,6,9-11,13H,3-5,7-8H2,1H3,(H,17,18,19). The van der Waals surface area contributed by atoms with Crippen LogP contribution >= 0.6 is 0 Å². The van der Waals surface area contributed by atoms with E-state index in [1.807, 2.05) is 0 Å². The van der Waals surface area contributed by atoms with Crippen molar-refractivity contribution in [3.8, 4) is 0 Å². The smallest absolute Gasteiger partial charge is 0.137 e. The van der Waals surface area contributed by atoms with E-state index in [0.717, 1.165) is 42.8 Å². The predicted molar refractivity (Wildman–Crippen MR) is 78.6 cm³/mol. The molecule has 2 aliphatic rings. The van der Waals surface area contributed by atoms with Gasteiger partial charge in [-0.15, -0.1) is 0 Å². The van der Waals surface area contributed by atoms with Crippen LogP contribution in [-0.4, -0.2) is 28.3 Å². The van der Waals surface area contributed by atoms with Gasteiger partial charge in [0.25, 0.3) is 0 Å². The first-order valence-corrected chi connectivity index (χ1v) is 7.13. The zero-order chi connectivity index (χ0) is 13.1. The molecule has 0 bridgehead atoms. The lowest BCUT2D eigenvalue weighted by Gasteiger charge is -2.25. The normalized spacial score (nSPS) is 22.9. The molecular formula is C15H20N4. The number of aryl methyl sites for hydroxylation is 1. The van der Waals surface area contributed by atoms with Gasteiger partial charge < -0.3 is 5.32 Å². The Hall–Kier alpha value is -1.71. The zero-order valence-corrected chi connectivity index (χ0v) is 11.3. The van der Waals surface area contributed by atoms with E-state index in [4.69, 9.17) is 0 Å². The molecule has 0 amide bonds. The number of fused-ring (bicyclic) bond motifs is 1. The molecule has 1 aromatic rings. The predicted octanol–water partition coefficient (Wildman–Crippen LogP) is 2.86. The highest BCUT2D eigenvalue weighted by Crippen LogP contribution is 2.24. The summed E-state index contributed by atoms with van der Waals surface area (Å²) in [6, 6.07) is 0.679. The molecule has 0 radical (unpaired) electrons. The van der Waals surface area contributed by atoms with Crippen molar-refractivity contribution >= 4 is 18.1 Å². The molecule has 0 fully saturated rings. The summed E-state index contributed by atoms with van der Waals surface area (Å²) >= 11 is 0. The second kappa shape index (κ2) is 5.51. The molecule has 2 heterocycles. The number of anilines is 1. The Kier molecular flexibility index (Phi) is 3.58. The van der Waals surface area contributed by atoms with Crippen molar-refractivity contribution in [1.82, 2.24) is 9.97 Å². The van der Waals surface area contributed by atoms with Gasteiger partial charge in [0, 0.05) is 11.6 Å². The number of hydrogen-bond donors (Lipinski definition) is 1. The second-order valence-electron chi connectivity index (χ2n) is 5.29. The molecule has 100 valence electrons. The molecule has 0 aromatic carbocycles. The van der Waals surface area contributed by atoms with Crippen LogP contribution in [0.1, 0.15) is 43.9 Å². The van der Waals surface area contributed by atoms with E-state index >= 15 is 0 Å². The van der Waals surface area contributed by atoms with E-state index in [9.17, 15) is 0 Å². The third-order valence-corrected chi connectivity index (χ3v) is 3.87. The molecule has 0 saturated heterocycles. The van der Waals surface area contributed by atoms with Crippen LogP contribution in [0.25, 0.3) is 6.08 Å². The number of allylic oxidation sites excluding steroid dienone is 1. The third-order valence-electron chi connectivity index (χ3n) is 3.87. The van der Waals surface area contributed by atoms with E-state index in [2.05, 4.69) is 45.6 Å². The van der Waals surface area contributed by atoms with Crippen molar-refractivity contribution in [2.45, 2.75) is 51.1 Å². The first-order chi connectivity index (χ1) is 9.34. The van der Waals surface area contributed by atoms with Crippen molar-refractivity contribution in [2.24, 2.45) is 4.99 Å². The van der Waals surface area contributed by atoms with Crippen LogP contribution < -0.4 is 5.32 Å². The number of nitrogens with one attached hydrogen (secondary N) is 1. The minimum atomic E-state index is 0.311. The number of hydrogen-bond acceptors (Lipinski definition) is 4. The minimum absolute atomic E-state index is 0.311. The molecule has 0 saturated carbocycles. The van der Waals surface area contributed by atoms with E-state index in [1.54, 1.807) is 6.33 Å². The topological polar surface area (TPSA) is 50.2 Å². The lowest BCUT2D eigenvalue weighted by atomic mass is 10.00. The van der Waals surface area contributed by atoms with Gasteiger partial charge in [-0.25, -0.2) is 9.97 Å². The molecular weight excluding hydrogens is 236 g/mol. The summed E-state index contributed by atoms with van der Waals surface area (Å²) in [6.07, 6.45) is 13.7. The lowest BCUT2D eigenvalue weighted by molar-refractivity contribution is 0.520. The van der Waals surface area contributed by atoms with Crippen molar-refractivity contribution < 1.29 is 0 Å². The van der Waals surface area contributed by atoms with Crippen molar-refractivity contribution in [3.05, 3.63) is 23.7 Å². The van der Waals surface area contributed by atoms with Gasteiger partial charge in [0.1, 0.15) is 12.1 Å². The van der Waals surface area contributed by atoms with Crippen LogP contribution in [0.15, 0.2) is 17.4 Å². The number of aliphatic imine (C=N–C) groups is 1. The molecule has 19 heavy (non-hydrogen) atoms. The van der Waals surface area contributed by atoms with Crippen LogP contribution in [0.2, 0.25) is 0 Å². The van der Waals surface area contributed by atoms with E-state index in [0.29, 0.717) is 12.1 Å². The number of nitrogens with zero attached hydrogens (tertiary/aromatic N) is 3. The molecule has 3 rings (SSSR count). The summed E-state index contributed by atoms with van der Waals surface area (Å²) in [5.74, 6) is 0.953. The summed E-state index contributed by atoms with van der Waals surface area (Å²) in [5.41, 5.74) is 2.31. The van der Waals surface area contributed by atoms with Gasteiger partial charge in [-0.1, -0.05) is 12.2 Å². The molecule has 0 spiro atoms. The fourth-order valence-electron chi connectivity index (χ4n) is 2.74. The molecule has 4 heteroatoms. The minimum Gasteiger partial charge on any atom is -0.365 e. The SMILES string of the molecule is CC(Nc1ncnc2c1C=CCC2)C1CCCC=N1. The van der Waals surface area contributed by atoms with Crippen molar-refractivity contribution in [2.75, 3.05) is 5.32 Å². The largest absolute Gasteiger partial charge is 0.365 e. The van der Waals surface area contributed by atoms with Crippen LogP contribution in [-0.2, 0) is 6.42 Å². The third kappa shape index (κ3) is 2.67. The van der Waals surface area contributed by atoms with Crippen LogP contribution in [0.3, 0.4) is 0 Å². The molecule has 1 aliphatic carbocycles. The highest BCUT2D eigenvalue weighted by molar-refractivity contribution is 5.66. The van der Waals surface area contributed by atoms with Gasteiger partial charge in [0.2, 0.25) is 0 Å². The van der Waals surface area contributed by atoms with E-state index in [1.165, 1.54) is 6.42 Å². The van der Waals surface area contributed by atoms with E-state index in [-0.39, 0.29) is 0 Å². The molecule has 4 nitrogen and oxygen atoms in total. The monoisotopic (exact) mass is 256 g/mol. The summed E-state index contributed by atoms with van der Waals surface area (Å²) in [6.45, 7) is 2.19. The Morgan fingerprint density at radius 2 is 2.26 bits per heavy atom. The maximum Gasteiger partial charge on any atom is 0.137 e. The summed E-state index contributed by atoms with van der Waals surface area (Å²) in [7, 11) is 0. The summed E-state index contributed by atoms with van der Waals surface area (Å²) < 4.78 is 0. The maximum absolute atomic E-state index is 4.59. The van der Waals surface area contributed by atoms with Crippen LogP contribution in [0, 0.1) is 0 Å². The maximum atomic E-state index is 4.59. The number of aromatic nitrogens is 2. The molecule has 1 aromatic heterocycles. The molecule has 1 aliphatic heterocycles. The quantitative estimate of drug-likeness (QED) is 0.904. The highest BCUT2D eigenvalue weighted by atomic mass is 15.1. The number of rotatable bonds is 3. The van der Waals surface area contributed by atoms with Crippen molar-refractivity contribution in [3.63, 3.8) is 0 Å². The Labute approximate surface area is 114 Å². The highest BCUT2D eigenvalue weighted by Gasteiger charge is 2.20. The van der Waals surface area contributed by atoms with Gasteiger partial charge in [0.05, 0.1) is 11.7 Å². The summed E-state index contributed by atoms with van der Waals surface area (Å²) in [5, 5.41) is 3.52. The zero-order valence-electron chi connectivity index (χ0n) is 11.3. The Morgan fingerprint density at radius 3 is 3.11 bits per heavy atom. The lowest BCUT2D eigenvalue weighted by Crippen LogP contribution is -2.31. The molecule has 2 atom stereocenters. The van der Waals surface area contributed by atoms with Crippen molar-refractivity contribution in [1.29, 1.82) is 0 Å². The fraction of sp³-hybridized carbons (Fsp3) is 0.533. The average Bonchev–Trinajstić information content (AvgIpc) is 2.48. The van der Waals surface area contributed by atoms with Crippen LogP contribution in [0.4, 0.5) is 5.82 Å². The molecule has 1 N–H and O–H groups in total. The van der Waals surface area contributed by atoms with Gasteiger partial charge in [0.15, 0.2) is 0 Å². The first-order valence-electron chi connectivity index (χ1n) is 7.13. The average molecular weight is 256 g/mol. The second-order valence-corrected chi connectivity index (χ2v) is 5.29. The van der Waals surface area contributed by atoms with Gasteiger partial charge in [-0.3, -0.25) is 4.99 Å². The Bertz CT molecular complexity index is 507. The Balaban J connectivity index is 1.78. The van der Waals surface area contributed by atoms with Gasteiger partial charge in [-0.05, 0) is 45.2 Å². The van der Waals surface area contributed by atoms with E-state index < -0.39 is 0 Å². The Morgan fingerprint density at radius 1 is 1.32 bits per heavy atom. The summed E-state index contributed by atoms with van der Waals surface area (Å²) in [4.78, 5) is 13.4. The first kappa shape index (κ1) is 12.3. The van der Waals surface area contributed by atoms with Gasteiger partial charge in [-0.2, -0.15) is 0 Å².